The van der Waals surface area contributed by atoms with Crippen LogP contribution in [0.1, 0.15) is 0 Å². The van der Waals surface area contributed by atoms with Crippen LogP contribution in [0.3, 0.4) is 0 Å². The summed E-state index contributed by atoms with van der Waals surface area (Å²) in [5, 5.41) is 5.68. The molecule has 0 amide bonds. The zero-order chi connectivity index (χ0) is 17.0. The molecule has 2 aromatic carbocycles. The molecule has 3 nitrogen and oxygen atoms in total. The fourth-order valence-corrected chi connectivity index (χ4v) is 2.02. The molecular weight excluding hydrogens is 356 g/mol. The van der Waals surface area contributed by atoms with Crippen LogP contribution in [0.15, 0.2) is 42.5 Å². The summed E-state index contributed by atoms with van der Waals surface area (Å²) in [7, 11) is 0. The van der Waals surface area contributed by atoms with E-state index in [-0.39, 0.29) is 16.5 Å². The topological polar surface area (TPSA) is 33.3 Å². The van der Waals surface area contributed by atoms with Gasteiger partial charge in [0.05, 0.1) is 5.69 Å². The number of ether oxygens (including phenoxy) is 1. The number of anilines is 2. The lowest BCUT2D eigenvalue weighted by Crippen LogP contribution is -2.20. The second-order valence-corrected chi connectivity index (χ2v) is 5.12. The Hall–Kier alpha value is -2.06. The van der Waals surface area contributed by atoms with Gasteiger partial charge >= 0.3 is 6.36 Å². The second-order valence-electron chi connectivity index (χ2n) is 4.28. The molecule has 9 heteroatoms. The van der Waals surface area contributed by atoms with Crippen molar-refractivity contribution in [2.75, 3.05) is 10.6 Å². The van der Waals surface area contributed by atoms with Gasteiger partial charge in [-0.1, -0.05) is 11.6 Å². The number of benzene rings is 2. The highest BCUT2D eigenvalue weighted by Crippen LogP contribution is 2.24. The molecule has 122 valence electrons. The van der Waals surface area contributed by atoms with Crippen molar-refractivity contribution in [1.29, 1.82) is 0 Å². The van der Waals surface area contributed by atoms with Crippen LogP contribution in [0.2, 0.25) is 5.02 Å². The predicted octanol–water partition coefficient (Wildman–Crippen LogP) is 5.19. The standard InChI is InChI=1S/C14H9ClF4N2OS/c15-8-1-6-11(16)12(7-8)21-13(23)20-9-2-4-10(5-3-9)22-14(17,18)19/h1-7H,(H2,20,21,23). The molecule has 2 rings (SSSR count). The highest BCUT2D eigenvalue weighted by atomic mass is 35.5. The van der Waals surface area contributed by atoms with Crippen LogP contribution >= 0.6 is 23.8 Å². The van der Waals surface area contributed by atoms with E-state index in [0.717, 1.165) is 12.1 Å². The summed E-state index contributed by atoms with van der Waals surface area (Å²) in [6.07, 6.45) is -4.75. The number of rotatable bonds is 3. The third-order valence-electron chi connectivity index (χ3n) is 2.52. The van der Waals surface area contributed by atoms with E-state index in [9.17, 15) is 17.6 Å². The van der Waals surface area contributed by atoms with Crippen molar-refractivity contribution in [3.8, 4) is 5.75 Å². The molecule has 0 aromatic heterocycles. The molecule has 0 aliphatic carbocycles. The van der Waals surface area contributed by atoms with Crippen LogP contribution < -0.4 is 15.4 Å². The lowest BCUT2D eigenvalue weighted by atomic mass is 10.3. The van der Waals surface area contributed by atoms with E-state index in [2.05, 4.69) is 15.4 Å². The number of alkyl halides is 3. The molecule has 0 aliphatic rings. The third kappa shape index (κ3) is 5.57. The average Bonchev–Trinajstić information content (AvgIpc) is 2.43. The zero-order valence-corrected chi connectivity index (χ0v) is 12.8. The maximum absolute atomic E-state index is 13.5. The van der Waals surface area contributed by atoms with Gasteiger partial charge in [0.2, 0.25) is 0 Å². The molecule has 0 heterocycles. The molecule has 0 saturated heterocycles. The first-order valence-corrected chi connectivity index (χ1v) is 6.90. The number of halogens is 5. The van der Waals surface area contributed by atoms with E-state index in [4.69, 9.17) is 23.8 Å². The third-order valence-corrected chi connectivity index (χ3v) is 2.96. The fourth-order valence-electron chi connectivity index (χ4n) is 1.62. The first kappa shape index (κ1) is 17.3. The second kappa shape index (κ2) is 7.01. The van der Waals surface area contributed by atoms with Crippen LogP contribution in [-0.2, 0) is 0 Å². The molecule has 23 heavy (non-hydrogen) atoms. The minimum Gasteiger partial charge on any atom is -0.406 e. The molecule has 0 saturated carbocycles. The SMILES string of the molecule is Fc1ccc(Cl)cc1NC(=S)Nc1ccc(OC(F)(F)F)cc1. The summed E-state index contributed by atoms with van der Waals surface area (Å²) >= 11 is 10.8. The van der Waals surface area contributed by atoms with Gasteiger partial charge in [-0.15, -0.1) is 13.2 Å². The van der Waals surface area contributed by atoms with E-state index in [1.807, 2.05) is 0 Å². The van der Waals surface area contributed by atoms with Crippen molar-refractivity contribution in [3.05, 3.63) is 53.3 Å². The number of hydrogen-bond acceptors (Lipinski definition) is 2. The molecule has 2 N–H and O–H groups in total. The first-order chi connectivity index (χ1) is 10.7. The molecule has 0 atom stereocenters. The van der Waals surface area contributed by atoms with Gasteiger partial charge in [-0.05, 0) is 54.7 Å². The van der Waals surface area contributed by atoms with Crippen LogP contribution in [0.5, 0.6) is 5.75 Å². The van der Waals surface area contributed by atoms with E-state index < -0.39 is 12.2 Å². The van der Waals surface area contributed by atoms with Crippen molar-refractivity contribution in [2.45, 2.75) is 6.36 Å². The monoisotopic (exact) mass is 364 g/mol. The van der Waals surface area contributed by atoms with Crippen molar-refractivity contribution >= 4 is 40.3 Å². The van der Waals surface area contributed by atoms with Crippen molar-refractivity contribution in [3.63, 3.8) is 0 Å². The largest absolute Gasteiger partial charge is 0.573 e. The Morgan fingerprint density at radius 2 is 1.70 bits per heavy atom. The molecule has 0 unspecified atom stereocenters. The molecule has 0 spiro atoms. The Morgan fingerprint density at radius 3 is 2.30 bits per heavy atom. The molecule has 2 aromatic rings. The zero-order valence-electron chi connectivity index (χ0n) is 11.2. The van der Waals surface area contributed by atoms with Crippen molar-refractivity contribution < 1.29 is 22.3 Å². The van der Waals surface area contributed by atoms with Gasteiger partial charge in [0.25, 0.3) is 0 Å². The molecule has 0 aliphatic heterocycles. The van der Waals surface area contributed by atoms with Gasteiger partial charge < -0.3 is 15.4 Å². The van der Waals surface area contributed by atoms with Gasteiger partial charge in [-0.25, -0.2) is 4.39 Å². The minimum atomic E-state index is -4.75. The number of thiocarbonyl (C=S) groups is 1. The van der Waals surface area contributed by atoms with Crippen molar-refractivity contribution in [2.24, 2.45) is 0 Å². The van der Waals surface area contributed by atoms with E-state index in [1.54, 1.807) is 0 Å². The Labute approximate surface area is 139 Å². The fraction of sp³-hybridized carbons (Fsp3) is 0.0714. The highest BCUT2D eigenvalue weighted by Gasteiger charge is 2.30. The maximum atomic E-state index is 13.5. The normalized spacial score (nSPS) is 11.0. The summed E-state index contributed by atoms with van der Waals surface area (Å²) in [4.78, 5) is 0. The molecule has 0 radical (unpaired) electrons. The lowest BCUT2D eigenvalue weighted by molar-refractivity contribution is -0.274. The minimum absolute atomic E-state index is 0.0515. The van der Waals surface area contributed by atoms with Crippen LogP contribution in [-0.4, -0.2) is 11.5 Å². The van der Waals surface area contributed by atoms with Crippen LogP contribution in [0.4, 0.5) is 28.9 Å². The maximum Gasteiger partial charge on any atom is 0.573 e. The quantitative estimate of drug-likeness (QED) is 0.580. The van der Waals surface area contributed by atoms with Crippen LogP contribution in [0, 0.1) is 5.82 Å². The molecular formula is C14H9ClF4N2OS. The smallest absolute Gasteiger partial charge is 0.406 e. The summed E-state index contributed by atoms with van der Waals surface area (Å²) in [5.74, 6) is -0.907. The van der Waals surface area contributed by atoms with Gasteiger partial charge in [0.15, 0.2) is 5.11 Å². The van der Waals surface area contributed by atoms with Gasteiger partial charge in [-0.3, -0.25) is 0 Å². The average molecular weight is 365 g/mol. The summed E-state index contributed by atoms with van der Waals surface area (Å²) in [6.45, 7) is 0. The predicted molar refractivity (Wildman–Crippen MR) is 84.4 cm³/mol. The summed E-state index contributed by atoms with van der Waals surface area (Å²) < 4.78 is 53.4. The van der Waals surface area contributed by atoms with E-state index >= 15 is 0 Å². The van der Waals surface area contributed by atoms with E-state index in [0.29, 0.717) is 10.7 Å². The van der Waals surface area contributed by atoms with Crippen molar-refractivity contribution in [1.82, 2.24) is 0 Å². The van der Waals surface area contributed by atoms with E-state index in [1.165, 1.54) is 30.3 Å². The molecule has 0 fully saturated rings. The number of hydrogen-bond donors (Lipinski definition) is 2. The van der Waals surface area contributed by atoms with Gasteiger partial charge in [-0.2, -0.15) is 0 Å². The van der Waals surface area contributed by atoms with Crippen LogP contribution in [0.25, 0.3) is 0 Å². The summed E-state index contributed by atoms with van der Waals surface area (Å²) in [5.41, 5.74) is 0.478. The Balaban J connectivity index is 1.99. The van der Waals surface area contributed by atoms with Gasteiger partial charge in [0, 0.05) is 10.7 Å². The summed E-state index contributed by atoms with van der Waals surface area (Å²) in [6, 6.07) is 8.84. The Kier molecular flexibility index (Phi) is 5.27. The Bertz CT molecular complexity index is 707. The molecule has 0 bridgehead atoms. The Morgan fingerprint density at radius 1 is 1.04 bits per heavy atom. The lowest BCUT2D eigenvalue weighted by Gasteiger charge is -2.12. The number of nitrogens with one attached hydrogen (secondary N) is 2. The first-order valence-electron chi connectivity index (χ1n) is 6.12. The highest BCUT2D eigenvalue weighted by molar-refractivity contribution is 7.80. The van der Waals surface area contributed by atoms with Gasteiger partial charge in [0.1, 0.15) is 11.6 Å².